The van der Waals surface area contributed by atoms with Crippen molar-refractivity contribution in [2.24, 2.45) is 0 Å². The Balaban J connectivity index is 1.20. The predicted molar refractivity (Wildman–Crippen MR) is 112 cm³/mol. The molecule has 2 aromatic rings. The minimum absolute atomic E-state index is 0.0487. The van der Waals surface area contributed by atoms with E-state index in [-0.39, 0.29) is 24.3 Å². The lowest BCUT2D eigenvalue weighted by atomic mass is 10.1. The first-order valence-corrected chi connectivity index (χ1v) is 10.2. The van der Waals surface area contributed by atoms with Crippen LogP contribution in [0.5, 0.6) is 5.75 Å². The Morgan fingerprint density at radius 1 is 0.933 bits per heavy atom. The first kappa shape index (κ1) is 20.4. The molecular formula is C24H27NO5. The average molecular weight is 409 g/mol. The number of carbonyl (C=O) groups excluding carboxylic acids is 1. The molecule has 0 saturated carbocycles. The zero-order chi connectivity index (χ0) is 20.8. The van der Waals surface area contributed by atoms with Crippen molar-refractivity contribution >= 4 is 6.09 Å². The molecule has 0 bridgehead atoms. The van der Waals surface area contributed by atoms with Crippen molar-refractivity contribution in [1.82, 2.24) is 4.90 Å². The van der Waals surface area contributed by atoms with Gasteiger partial charge in [0.25, 0.3) is 0 Å². The molecule has 3 atom stereocenters. The summed E-state index contributed by atoms with van der Waals surface area (Å²) in [6.07, 6.45) is 4.28. The number of nitrogens with zero attached hydrogens (tertiary/aromatic N) is 1. The summed E-state index contributed by atoms with van der Waals surface area (Å²) in [6.45, 7) is 2.03. The topological polar surface area (TPSA) is 57.2 Å². The summed E-state index contributed by atoms with van der Waals surface area (Å²) in [6, 6.07) is 17.7. The van der Waals surface area contributed by atoms with Crippen molar-refractivity contribution in [3.63, 3.8) is 0 Å². The van der Waals surface area contributed by atoms with Crippen molar-refractivity contribution < 1.29 is 23.7 Å². The molecule has 1 amide bonds. The highest BCUT2D eigenvalue weighted by Gasteiger charge is 2.46. The molecule has 1 saturated heterocycles. The van der Waals surface area contributed by atoms with Crippen molar-refractivity contribution in [1.29, 1.82) is 0 Å². The number of methoxy groups -OCH3 is 1. The molecule has 4 rings (SSSR count). The van der Waals surface area contributed by atoms with E-state index in [4.69, 9.17) is 18.9 Å². The van der Waals surface area contributed by atoms with Crippen LogP contribution < -0.4 is 4.74 Å². The van der Waals surface area contributed by atoms with E-state index < -0.39 is 0 Å². The summed E-state index contributed by atoms with van der Waals surface area (Å²) >= 11 is 0. The van der Waals surface area contributed by atoms with Gasteiger partial charge in [-0.3, -0.25) is 4.90 Å². The van der Waals surface area contributed by atoms with Gasteiger partial charge in [0.1, 0.15) is 11.9 Å². The molecule has 2 heterocycles. The first-order chi connectivity index (χ1) is 14.7. The third-order valence-electron chi connectivity index (χ3n) is 5.43. The molecule has 6 nitrogen and oxygen atoms in total. The van der Waals surface area contributed by atoms with Crippen LogP contribution in [0, 0.1) is 0 Å². The van der Waals surface area contributed by atoms with E-state index in [2.05, 4.69) is 6.08 Å². The lowest BCUT2D eigenvalue weighted by molar-refractivity contribution is 0.0722. The van der Waals surface area contributed by atoms with Gasteiger partial charge in [0.15, 0.2) is 0 Å². The first-order valence-electron chi connectivity index (χ1n) is 10.2. The minimum atomic E-state index is -0.279. The van der Waals surface area contributed by atoms with Gasteiger partial charge in [0.2, 0.25) is 0 Å². The van der Waals surface area contributed by atoms with E-state index in [0.29, 0.717) is 32.8 Å². The van der Waals surface area contributed by atoms with E-state index in [9.17, 15) is 4.79 Å². The normalized spacial score (nSPS) is 22.2. The molecule has 2 aromatic carbocycles. The summed E-state index contributed by atoms with van der Waals surface area (Å²) in [5.41, 5.74) is 2.20. The monoisotopic (exact) mass is 409 g/mol. The van der Waals surface area contributed by atoms with E-state index in [0.717, 1.165) is 16.9 Å². The Labute approximate surface area is 177 Å². The molecule has 0 aromatic heterocycles. The summed E-state index contributed by atoms with van der Waals surface area (Å²) in [7, 11) is 1.65. The quantitative estimate of drug-likeness (QED) is 0.439. The Morgan fingerprint density at radius 2 is 1.67 bits per heavy atom. The van der Waals surface area contributed by atoms with E-state index in [1.807, 2.05) is 60.7 Å². The summed E-state index contributed by atoms with van der Waals surface area (Å²) in [5.74, 6) is 0.826. The Morgan fingerprint density at radius 3 is 2.43 bits per heavy atom. The number of benzene rings is 2. The number of hydrogen-bond acceptors (Lipinski definition) is 5. The van der Waals surface area contributed by atoms with Gasteiger partial charge in [-0.25, -0.2) is 4.79 Å². The van der Waals surface area contributed by atoms with E-state index >= 15 is 0 Å². The SMILES string of the molecule is COc1ccc(COCC[C@@H]2OC(=O)N3[C@H](COCc4ccccc4)C=C[C@@H]23)cc1. The predicted octanol–water partition coefficient (Wildman–Crippen LogP) is 3.95. The molecule has 2 aliphatic rings. The maximum absolute atomic E-state index is 12.4. The molecule has 30 heavy (non-hydrogen) atoms. The largest absolute Gasteiger partial charge is 0.497 e. The number of fused-ring (bicyclic) bond motifs is 1. The summed E-state index contributed by atoms with van der Waals surface area (Å²) in [4.78, 5) is 14.2. The van der Waals surface area contributed by atoms with Crippen LogP contribution >= 0.6 is 0 Å². The van der Waals surface area contributed by atoms with Crippen LogP contribution in [-0.4, -0.2) is 49.5 Å². The minimum Gasteiger partial charge on any atom is -0.497 e. The Bertz CT molecular complexity index is 852. The standard InChI is InChI=1S/C24H27NO5/c1-27-21-10-7-19(8-11-21)15-28-14-13-23-22-12-9-20(25(22)24(26)30-23)17-29-16-18-5-3-2-4-6-18/h2-12,20,22-23H,13-17H2,1H3/t20-,22-,23-/m0/s1. The number of cyclic esters (lactones) is 1. The van der Waals surface area contributed by atoms with Gasteiger partial charge in [-0.15, -0.1) is 0 Å². The molecule has 6 heteroatoms. The fourth-order valence-corrected chi connectivity index (χ4v) is 3.82. The van der Waals surface area contributed by atoms with Crippen LogP contribution in [0.1, 0.15) is 17.5 Å². The second-order valence-corrected chi connectivity index (χ2v) is 7.46. The van der Waals surface area contributed by atoms with Gasteiger partial charge in [-0.05, 0) is 23.3 Å². The highest BCUT2D eigenvalue weighted by molar-refractivity contribution is 5.73. The molecule has 0 radical (unpaired) electrons. The molecule has 0 unspecified atom stereocenters. The van der Waals surface area contributed by atoms with Crippen LogP contribution in [0.4, 0.5) is 4.79 Å². The second kappa shape index (κ2) is 9.78. The highest BCUT2D eigenvalue weighted by Crippen LogP contribution is 2.30. The third-order valence-corrected chi connectivity index (χ3v) is 5.43. The average Bonchev–Trinajstić information content (AvgIpc) is 3.34. The Hall–Kier alpha value is -2.83. The molecule has 1 fully saturated rings. The van der Waals surface area contributed by atoms with Crippen LogP contribution in [-0.2, 0) is 27.4 Å². The fraction of sp³-hybridized carbons (Fsp3) is 0.375. The summed E-state index contributed by atoms with van der Waals surface area (Å²) in [5, 5.41) is 0. The van der Waals surface area contributed by atoms with Gasteiger partial charge in [-0.1, -0.05) is 54.6 Å². The second-order valence-electron chi connectivity index (χ2n) is 7.46. The molecule has 0 aliphatic carbocycles. The number of hydrogen-bond donors (Lipinski definition) is 0. The molecule has 0 N–H and O–H groups in total. The third kappa shape index (κ3) is 4.83. The van der Waals surface area contributed by atoms with Gasteiger partial charge in [-0.2, -0.15) is 0 Å². The van der Waals surface area contributed by atoms with Crippen molar-refractivity contribution in [3.8, 4) is 5.75 Å². The van der Waals surface area contributed by atoms with Crippen LogP contribution in [0.3, 0.4) is 0 Å². The zero-order valence-electron chi connectivity index (χ0n) is 17.1. The maximum Gasteiger partial charge on any atom is 0.411 e. The smallest absolute Gasteiger partial charge is 0.411 e. The van der Waals surface area contributed by atoms with Gasteiger partial charge >= 0.3 is 6.09 Å². The van der Waals surface area contributed by atoms with Crippen molar-refractivity contribution in [2.45, 2.75) is 37.8 Å². The number of rotatable bonds is 10. The zero-order valence-corrected chi connectivity index (χ0v) is 17.1. The molecule has 158 valence electrons. The molecular weight excluding hydrogens is 382 g/mol. The van der Waals surface area contributed by atoms with Crippen LogP contribution in [0.2, 0.25) is 0 Å². The van der Waals surface area contributed by atoms with E-state index in [1.54, 1.807) is 12.0 Å². The van der Waals surface area contributed by atoms with E-state index in [1.165, 1.54) is 0 Å². The fourth-order valence-electron chi connectivity index (χ4n) is 3.82. The number of ether oxygens (including phenoxy) is 4. The van der Waals surface area contributed by atoms with Crippen molar-refractivity contribution in [2.75, 3.05) is 20.3 Å². The van der Waals surface area contributed by atoms with Gasteiger partial charge in [0, 0.05) is 6.42 Å². The number of carbonyl (C=O) groups is 1. The lowest BCUT2D eigenvalue weighted by Crippen LogP contribution is -2.40. The number of amides is 1. The van der Waals surface area contributed by atoms with Gasteiger partial charge in [0.05, 0.1) is 45.6 Å². The highest BCUT2D eigenvalue weighted by atomic mass is 16.6. The van der Waals surface area contributed by atoms with Crippen LogP contribution in [0.25, 0.3) is 0 Å². The van der Waals surface area contributed by atoms with Crippen LogP contribution in [0.15, 0.2) is 66.7 Å². The molecule has 2 aliphatic heterocycles. The van der Waals surface area contributed by atoms with Gasteiger partial charge < -0.3 is 18.9 Å². The maximum atomic E-state index is 12.4. The Kier molecular flexibility index (Phi) is 6.67. The molecule has 0 spiro atoms. The lowest BCUT2D eigenvalue weighted by Gasteiger charge is -2.22. The summed E-state index contributed by atoms with van der Waals surface area (Å²) < 4.78 is 22.4. The van der Waals surface area contributed by atoms with Crippen molar-refractivity contribution in [3.05, 3.63) is 77.9 Å².